The molecule has 2 heterocycles. The molecule has 0 spiro atoms. The fourth-order valence-corrected chi connectivity index (χ4v) is 2.76. The molecule has 2 rings (SSSR count). The van der Waals surface area contributed by atoms with Crippen LogP contribution in [0, 0.1) is 0 Å². The lowest BCUT2D eigenvalue weighted by Gasteiger charge is -2.23. The molecule has 1 N–H and O–H groups in total. The molecule has 118 valence electrons. The lowest BCUT2D eigenvalue weighted by atomic mass is 10.2. The molecule has 0 aromatic carbocycles. The molecule has 21 heavy (non-hydrogen) atoms. The smallest absolute Gasteiger partial charge is 0.129 e. The molecule has 4 heteroatoms. The quantitative estimate of drug-likeness (QED) is 0.815. The molecule has 0 radical (unpaired) electrons. The van der Waals surface area contributed by atoms with E-state index >= 15 is 0 Å². The van der Waals surface area contributed by atoms with E-state index < -0.39 is 0 Å². The molecule has 0 bridgehead atoms. The lowest BCUT2D eigenvalue weighted by molar-refractivity contribution is 0.360. The summed E-state index contributed by atoms with van der Waals surface area (Å²) in [7, 11) is 2.21. The first kappa shape index (κ1) is 16.2. The van der Waals surface area contributed by atoms with Gasteiger partial charge >= 0.3 is 0 Å². The van der Waals surface area contributed by atoms with Crippen LogP contribution >= 0.6 is 0 Å². The summed E-state index contributed by atoms with van der Waals surface area (Å²) in [6.07, 6.45) is 3.40. The van der Waals surface area contributed by atoms with Gasteiger partial charge in [0.15, 0.2) is 0 Å². The maximum Gasteiger partial charge on any atom is 0.129 e. The van der Waals surface area contributed by atoms with Gasteiger partial charge in [0.05, 0.1) is 0 Å². The maximum atomic E-state index is 4.85. The molecule has 1 aromatic heterocycles. The van der Waals surface area contributed by atoms with Crippen LogP contribution in [0.15, 0.2) is 12.1 Å². The molecule has 0 atom stereocenters. The number of anilines is 1. The van der Waals surface area contributed by atoms with Gasteiger partial charge in [0, 0.05) is 31.9 Å². The van der Waals surface area contributed by atoms with Crippen molar-refractivity contribution in [2.45, 2.75) is 39.7 Å². The molecule has 0 unspecified atom stereocenters. The molecule has 0 saturated carbocycles. The summed E-state index contributed by atoms with van der Waals surface area (Å²) in [5.74, 6) is 1.16. The fraction of sp³-hybridized carbons (Fsp3) is 0.706. The molecular weight excluding hydrogens is 260 g/mol. The minimum absolute atomic E-state index is 0.949. The van der Waals surface area contributed by atoms with Gasteiger partial charge in [0.2, 0.25) is 0 Å². The summed E-state index contributed by atoms with van der Waals surface area (Å²) in [5, 5.41) is 3.50. The molecular formula is C17H30N4. The van der Waals surface area contributed by atoms with Crippen LogP contribution in [0.2, 0.25) is 0 Å². The van der Waals surface area contributed by atoms with Gasteiger partial charge in [-0.05, 0) is 57.1 Å². The van der Waals surface area contributed by atoms with Crippen LogP contribution in [-0.2, 0) is 13.0 Å². The highest BCUT2D eigenvalue weighted by molar-refractivity contribution is 5.43. The molecule has 1 fully saturated rings. The molecule has 1 aliphatic heterocycles. The zero-order chi connectivity index (χ0) is 15.1. The van der Waals surface area contributed by atoms with Crippen LogP contribution in [-0.4, -0.2) is 49.7 Å². The minimum atomic E-state index is 0.949. The Morgan fingerprint density at radius 3 is 2.76 bits per heavy atom. The molecule has 0 aliphatic carbocycles. The number of likely N-dealkylation sites (N-methyl/N-ethyl adjacent to an activating group) is 1. The molecule has 1 saturated heterocycles. The number of aromatic nitrogens is 1. The predicted molar refractivity (Wildman–Crippen MR) is 89.9 cm³/mol. The summed E-state index contributed by atoms with van der Waals surface area (Å²) in [6, 6.07) is 4.52. The number of pyridine rings is 1. The van der Waals surface area contributed by atoms with E-state index in [9.17, 15) is 0 Å². The van der Waals surface area contributed by atoms with Gasteiger partial charge in [-0.25, -0.2) is 4.98 Å². The number of nitrogens with zero attached hydrogens (tertiary/aromatic N) is 3. The Morgan fingerprint density at radius 1 is 1.14 bits per heavy atom. The third kappa shape index (κ3) is 4.97. The van der Waals surface area contributed by atoms with Gasteiger partial charge in [-0.15, -0.1) is 0 Å². The van der Waals surface area contributed by atoms with Crippen LogP contribution in [0.5, 0.6) is 0 Å². The van der Waals surface area contributed by atoms with Crippen molar-refractivity contribution in [1.29, 1.82) is 0 Å². The van der Waals surface area contributed by atoms with E-state index in [1.165, 1.54) is 30.6 Å². The van der Waals surface area contributed by atoms with Crippen molar-refractivity contribution < 1.29 is 0 Å². The van der Waals surface area contributed by atoms with E-state index in [0.29, 0.717) is 0 Å². The second-order valence-corrected chi connectivity index (χ2v) is 6.00. The van der Waals surface area contributed by atoms with Crippen LogP contribution < -0.4 is 10.2 Å². The summed E-state index contributed by atoms with van der Waals surface area (Å²) in [5.41, 5.74) is 2.57. The van der Waals surface area contributed by atoms with E-state index in [-0.39, 0.29) is 0 Å². The SMILES string of the molecule is CCCNCc1cc(CC)nc(N2CCCN(C)CC2)c1. The standard InChI is InChI=1S/C17H30N4/c1-4-7-18-14-15-12-16(5-2)19-17(13-15)21-9-6-8-20(3)10-11-21/h12-13,18H,4-11,14H2,1-3H3. The van der Waals surface area contributed by atoms with Crippen LogP contribution in [0.4, 0.5) is 5.82 Å². The fourth-order valence-electron chi connectivity index (χ4n) is 2.76. The van der Waals surface area contributed by atoms with E-state index in [1.807, 2.05) is 0 Å². The second kappa shape index (κ2) is 8.35. The topological polar surface area (TPSA) is 31.4 Å². The van der Waals surface area contributed by atoms with Gasteiger partial charge in [-0.3, -0.25) is 0 Å². The van der Waals surface area contributed by atoms with E-state index in [2.05, 4.69) is 48.1 Å². The van der Waals surface area contributed by atoms with Gasteiger partial charge in [-0.2, -0.15) is 0 Å². The summed E-state index contributed by atoms with van der Waals surface area (Å²) in [4.78, 5) is 9.71. The number of nitrogens with one attached hydrogen (secondary N) is 1. The maximum absolute atomic E-state index is 4.85. The van der Waals surface area contributed by atoms with E-state index in [0.717, 1.165) is 45.0 Å². The second-order valence-electron chi connectivity index (χ2n) is 6.00. The minimum Gasteiger partial charge on any atom is -0.355 e. The zero-order valence-corrected chi connectivity index (χ0v) is 13.9. The highest BCUT2D eigenvalue weighted by atomic mass is 15.2. The average molecular weight is 290 g/mol. The Labute approximate surface area is 129 Å². The van der Waals surface area contributed by atoms with Crippen molar-refractivity contribution in [3.05, 3.63) is 23.4 Å². The molecule has 4 nitrogen and oxygen atoms in total. The van der Waals surface area contributed by atoms with Crippen molar-refractivity contribution in [3.63, 3.8) is 0 Å². The normalized spacial score (nSPS) is 17.0. The van der Waals surface area contributed by atoms with Crippen molar-refractivity contribution in [2.75, 3.05) is 44.7 Å². The van der Waals surface area contributed by atoms with Gasteiger partial charge in [0.1, 0.15) is 5.82 Å². The first-order valence-corrected chi connectivity index (χ1v) is 8.37. The summed E-state index contributed by atoms with van der Waals surface area (Å²) < 4.78 is 0. The predicted octanol–water partition coefficient (Wildman–Crippen LogP) is 2.29. The van der Waals surface area contributed by atoms with Gasteiger partial charge in [-0.1, -0.05) is 13.8 Å². The Morgan fingerprint density at radius 2 is 2.00 bits per heavy atom. The van der Waals surface area contributed by atoms with Crippen molar-refractivity contribution >= 4 is 5.82 Å². The van der Waals surface area contributed by atoms with Crippen LogP contribution in [0.1, 0.15) is 37.9 Å². The molecule has 0 amide bonds. The summed E-state index contributed by atoms with van der Waals surface area (Å²) >= 11 is 0. The Hall–Kier alpha value is -1.13. The van der Waals surface area contributed by atoms with E-state index in [1.54, 1.807) is 0 Å². The Bertz CT molecular complexity index is 433. The zero-order valence-electron chi connectivity index (χ0n) is 13.9. The van der Waals surface area contributed by atoms with Crippen molar-refractivity contribution in [2.24, 2.45) is 0 Å². The Kier molecular flexibility index (Phi) is 6.46. The summed E-state index contributed by atoms with van der Waals surface area (Å²) in [6.45, 7) is 10.9. The molecule has 1 aliphatic rings. The number of hydrogen-bond acceptors (Lipinski definition) is 4. The molecule has 1 aromatic rings. The third-order valence-electron chi connectivity index (χ3n) is 4.09. The number of aryl methyl sites for hydroxylation is 1. The highest BCUT2D eigenvalue weighted by Crippen LogP contribution is 2.17. The van der Waals surface area contributed by atoms with Crippen molar-refractivity contribution in [1.82, 2.24) is 15.2 Å². The largest absolute Gasteiger partial charge is 0.355 e. The first-order valence-electron chi connectivity index (χ1n) is 8.37. The lowest BCUT2D eigenvalue weighted by Crippen LogP contribution is -2.29. The Balaban J connectivity index is 2.11. The van der Waals surface area contributed by atoms with Crippen LogP contribution in [0.25, 0.3) is 0 Å². The average Bonchev–Trinajstić information content (AvgIpc) is 2.72. The van der Waals surface area contributed by atoms with Gasteiger partial charge in [0.25, 0.3) is 0 Å². The van der Waals surface area contributed by atoms with Gasteiger partial charge < -0.3 is 15.1 Å². The highest BCUT2D eigenvalue weighted by Gasteiger charge is 2.14. The van der Waals surface area contributed by atoms with Crippen LogP contribution in [0.3, 0.4) is 0 Å². The van der Waals surface area contributed by atoms with Crippen molar-refractivity contribution in [3.8, 4) is 0 Å². The van der Waals surface area contributed by atoms with E-state index in [4.69, 9.17) is 4.98 Å². The number of rotatable bonds is 6. The first-order chi connectivity index (χ1) is 10.2. The monoisotopic (exact) mass is 290 g/mol. The number of hydrogen-bond donors (Lipinski definition) is 1. The third-order valence-corrected chi connectivity index (χ3v) is 4.09.